The molecule has 1 aromatic carbocycles. The van der Waals surface area contributed by atoms with E-state index in [0.29, 0.717) is 17.1 Å². The van der Waals surface area contributed by atoms with Crippen molar-refractivity contribution >= 4 is 17.3 Å². The smallest absolute Gasteiger partial charge is 0.274 e. The Morgan fingerprint density at radius 3 is 2.69 bits per heavy atom. The molecule has 1 aromatic rings. The second-order valence-electron chi connectivity index (χ2n) is 4.21. The van der Waals surface area contributed by atoms with Crippen LogP contribution in [0.5, 0.6) is 0 Å². The van der Waals surface area contributed by atoms with Gasteiger partial charge in [0.25, 0.3) is 5.69 Å². The normalized spacial score (nSPS) is 17.1. The summed E-state index contributed by atoms with van der Waals surface area (Å²) in [5.41, 5.74) is 6.21. The van der Waals surface area contributed by atoms with Gasteiger partial charge in [0, 0.05) is 11.5 Å². The molecule has 0 bridgehead atoms. The van der Waals surface area contributed by atoms with Crippen LogP contribution in [0.15, 0.2) is 18.2 Å². The van der Waals surface area contributed by atoms with Crippen molar-refractivity contribution in [2.45, 2.75) is 24.7 Å². The Morgan fingerprint density at radius 2 is 2.19 bits per heavy atom. The molecule has 0 radical (unpaired) electrons. The highest BCUT2D eigenvalue weighted by Gasteiger charge is 2.48. The Hall–Kier alpha value is -1.13. The number of rotatable bonds is 4. The first kappa shape index (κ1) is 11.4. The fourth-order valence-electron chi connectivity index (χ4n) is 2.24. The maximum Gasteiger partial charge on any atom is 0.274 e. The molecule has 0 heterocycles. The maximum atomic E-state index is 11.0. The first-order valence-corrected chi connectivity index (χ1v) is 5.62. The van der Waals surface area contributed by atoms with Gasteiger partial charge in [-0.25, -0.2) is 0 Å². The van der Waals surface area contributed by atoms with Gasteiger partial charge in [0.05, 0.1) is 15.5 Å². The molecule has 0 aliphatic heterocycles. The summed E-state index contributed by atoms with van der Waals surface area (Å²) in [6, 6.07) is 4.83. The number of nitrogens with two attached hydrogens (primary N) is 1. The average molecular weight is 241 g/mol. The van der Waals surface area contributed by atoms with Gasteiger partial charge in [-0.2, -0.15) is 0 Å². The van der Waals surface area contributed by atoms with Crippen molar-refractivity contribution in [2.75, 3.05) is 6.54 Å². The van der Waals surface area contributed by atoms with Crippen molar-refractivity contribution in [3.05, 3.63) is 38.9 Å². The third-order valence-electron chi connectivity index (χ3n) is 3.20. The molecule has 0 unspecified atom stereocenters. The van der Waals surface area contributed by atoms with Gasteiger partial charge in [-0.1, -0.05) is 17.7 Å². The van der Waals surface area contributed by atoms with Gasteiger partial charge in [-0.3, -0.25) is 10.1 Å². The van der Waals surface area contributed by atoms with Crippen molar-refractivity contribution in [1.29, 1.82) is 0 Å². The van der Waals surface area contributed by atoms with Crippen LogP contribution in [0.1, 0.15) is 24.8 Å². The molecule has 0 spiro atoms. The molecule has 1 fully saturated rings. The lowest BCUT2D eigenvalue weighted by molar-refractivity contribution is -0.385. The lowest BCUT2D eigenvalue weighted by Gasteiger charge is -2.15. The van der Waals surface area contributed by atoms with Crippen molar-refractivity contribution in [3.63, 3.8) is 0 Å². The van der Waals surface area contributed by atoms with Crippen LogP contribution in [0.25, 0.3) is 0 Å². The van der Waals surface area contributed by atoms with Crippen LogP contribution in [0.4, 0.5) is 5.69 Å². The Morgan fingerprint density at radius 1 is 1.50 bits per heavy atom. The predicted octanol–water partition coefficient (Wildman–Crippen LogP) is 2.63. The molecule has 86 valence electrons. The van der Waals surface area contributed by atoms with Crippen LogP contribution in [-0.4, -0.2) is 11.5 Å². The summed E-state index contributed by atoms with van der Waals surface area (Å²) in [5, 5.41) is 11.5. The fraction of sp³-hybridized carbons (Fsp3) is 0.455. The number of benzene rings is 1. The molecule has 16 heavy (non-hydrogen) atoms. The van der Waals surface area contributed by atoms with E-state index in [-0.39, 0.29) is 16.0 Å². The first-order valence-electron chi connectivity index (χ1n) is 5.24. The molecule has 0 atom stereocenters. The molecule has 1 saturated carbocycles. The van der Waals surface area contributed by atoms with E-state index in [1.165, 1.54) is 6.07 Å². The summed E-state index contributed by atoms with van der Waals surface area (Å²) in [7, 11) is 0. The van der Waals surface area contributed by atoms with E-state index in [1.54, 1.807) is 12.1 Å². The minimum absolute atomic E-state index is 0.124. The number of nitro benzene ring substituents is 1. The van der Waals surface area contributed by atoms with Crippen molar-refractivity contribution in [1.82, 2.24) is 0 Å². The molecule has 1 aliphatic rings. The van der Waals surface area contributed by atoms with Gasteiger partial charge in [0.1, 0.15) is 0 Å². The van der Waals surface area contributed by atoms with Crippen LogP contribution in [0.3, 0.4) is 0 Å². The Balaban J connectivity index is 2.50. The summed E-state index contributed by atoms with van der Waals surface area (Å²) in [5.74, 6) is 0. The standard InChI is InChI=1S/C11H13ClN2O2/c12-8-2-1-3-9(14(15)16)10(8)11(4-5-11)6-7-13/h1-3H,4-7,13H2. The summed E-state index contributed by atoms with van der Waals surface area (Å²) in [6.07, 6.45) is 2.64. The summed E-state index contributed by atoms with van der Waals surface area (Å²) < 4.78 is 0. The molecule has 0 aromatic heterocycles. The molecule has 4 nitrogen and oxygen atoms in total. The van der Waals surface area contributed by atoms with Gasteiger partial charge >= 0.3 is 0 Å². The molecular weight excluding hydrogens is 228 g/mol. The van der Waals surface area contributed by atoms with E-state index in [4.69, 9.17) is 17.3 Å². The lowest BCUT2D eigenvalue weighted by atomic mass is 9.91. The number of nitro groups is 1. The Kier molecular flexibility index (Phi) is 2.86. The van der Waals surface area contributed by atoms with E-state index in [2.05, 4.69) is 0 Å². The van der Waals surface area contributed by atoms with Crippen molar-refractivity contribution < 1.29 is 4.92 Å². The fourth-order valence-corrected chi connectivity index (χ4v) is 2.61. The predicted molar refractivity (Wildman–Crippen MR) is 62.7 cm³/mol. The first-order chi connectivity index (χ1) is 7.60. The molecular formula is C11H13ClN2O2. The number of hydrogen-bond acceptors (Lipinski definition) is 3. The molecule has 5 heteroatoms. The molecule has 0 amide bonds. The van der Waals surface area contributed by atoms with Gasteiger partial charge in [0.15, 0.2) is 0 Å². The summed E-state index contributed by atoms with van der Waals surface area (Å²) in [6.45, 7) is 0.530. The molecule has 1 aliphatic carbocycles. The van der Waals surface area contributed by atoms with Crippen molar-refractivity contribution in [3.8, 4) is 0 Å². The zero-order valence-corrected chi connectivity index (χ0v) is 9.54. The average Bonchev–Trinajstić information content (AvgIpc) is 2.98. The largest absolute Gasteiger partial charge is 0.330 e. The molecule has 2 N–H and O–H groups in total. The zero-order valence-electron chi connectivity index (χ0n) is 8.78. The Bertz CT molecular complexity index is 430. The summed E-state index contributed by atoms with van der Waals surface area (Å²) >= 11 is 6.09. The van der Waals surface area contributed by atoms with Crippen LogP contribution in [-0.2, 0) is 5.41 Å². The number of halogens is 1. The van der Waals surface area contributed by atoms with Gasteiger partial charge in [0.2, 0.25) is 0 Å². The SMILES string of the molecule is NCCC1(c2c(Cl)cccc2[N+](=O)[O-])CC1. The van der Waals surface area contributed by atoms with Gasteiger partial charge in [-0.15, -0.1) is 0 Å². The number of hydrogen-bond donors (Lipinski definition) is 1. The van der Waals surface area contributed by atoms with E-state index in [0.717, 1.165) is 19.3 Å². The minimum atomic E-state index is -0.363. The van der Waals surface area contributed by atoms with Crippen molar-refractivity contribution in [2.24, 2.45) is 5.73 Å². The van der Waals surface area contributed by atoms with Crippen LogP contribution in [0, 0.1) is 10.1 Å². The zero-order chi connectivity index (χ0) is 11.8. The second kappa shape index (κ2) is 4.03. The quantitative estimate of drug-likeness (QED) is 0.650. The highest BCUT2D eigenvalue weighted by Crippen LogP contribution is 2.55. The van der Waals surface area contributed by atoms with Crippen LogP contribution >= 0.6 is 11.6 Å². The van der Waals surface area contributed by atoms with E-state index < -0.39 is 0 Å². The Labute approximate surface area is 98.5 Å². The highest BCUT2D eigenvalue weighted by molar-refractivity contribution is 6.31. The lowest BCUT2D eigenvalue weighted by Crippen LogP contribution is -2.15. The second-order valence-corrected chi connectivity index (χ2v) is 4.62. The molecule has 2 rings (SSSR count). The van der Waals surface area contributed by atoms with E-state index in [9.17, 15) is 10.1 Å². The maximum absolute atomic E-state index is 11.0. The van der Waals surface area contributed by atoms with E-state index in [1.807, 2.05) is 0 Å². The molecule has 0 saturated heterocycles. The highest BCUT2D eigenvalue weighted by atomic mass is 35.5. The minimum Gasteiger partial charge on any atom is -0.330 e. The third-order valence-corrected chi connectivity index (χ3v) is 3.51. The van der Waals surface area contributed by atoms with Crippen LogP contribution in [0.2, 0.25) is 5.02 Å². The third kappa shape index (κ3) is 1.79. The monoisotopic (exact) mass is 240 g/mol. The van der Waals surface area contributed by atoms with E-state index >= 15 is 0 Å². The summed E-state index contributed by atoms with van der Waals surface area (Å²) in [4.78, 5) is 10.6. The number of nitrogens with zero attached hydrogens (tertiary/aromatic N) is 1. The van der Waals surface area contributed by atoms with Gasteiger partial charge in [-0.05, 0) is 31.9 Å². The topological polar surface area (TPSA) is 69.2 Å². The van der Waals surface area contributed by atoms with Gasteiger partial charge < -0.3 is 5.73 Å². The van der Waals surface area contributed by atoms with Crippen LogP contribution < -0.4 is 5.73 Å².